The van der Waals surface area contributed by atoms with Crippen LogP contribution in [0.25, 0.3) is 0 Å². The molecule has 8 nitrogen and oxygen atoms in total. The summed E-state index contributed by atoms with van der Waals surface area (Å²) in [5.74, 6) is 1.88. The van der Waals surface area contributed by atoms with Crippen LogP contribution in [0.15, 0.2) is 28.8 Å². The highest BCUT2D eigenvalue weighted by Gasteiger charge is 2.23. The molecule has 2 unspecified atom stereocenters. The van der Waals surface area contributed by atoms with Crippen LogP contribution < -0.4 is 10.6 Å². The smallest absolute Gasteiger partial charge is 0.191 e. The Morgan fingerprint density at radius 1 is 1.33 bits per heavy atom. The van der Waals surface area contributed by atoms with E-state index in [9.17, 15) is 0 Å². The lowest BCUT2D eigenvalue weighted by Crippen LogP contribution is -2.44. The second kappa shape index (κ2) is 12.0. The lowest BCUT2D eigenvalue weighted by molar-refractivity contribution is 0.0186. The Bertz CT molecular complexity index is 755. The van der Waals surface area contributed by atoms with Gasteiger partial charge in [0, 0.05) is 43.5 Å². The summed E-state index contributed by atoms with van der Waals surface area (Å²) in [5.41, 5.74) is 0. The number of hydrogen-bond donors (Lipinski definition) is 2. The lowest BCUT2D eigenvalue weighted by Gasteiger charge is -2.33. The van der Waals surface area contributed by atoms with Crippen molar-refractivity contribution in [3.8, 4) is 0 Å². The minimum absolute atomic E-state index is 0.286. The first kappa shape index (κ1) is 22.7. The van der Waals surface area contributed by atoms with E-state index in [0.29, 0.717) is 6.04 Å². The highest BCUT2D eigenvalue weighted by molar-refractivity contribution is 7.10. The Labute approximate surface area is 183 Å². The molecule has 1 saturated heterocycles. The van der Waals surface area contributed by atoms with Crippen LogP contribution in [0.3, 0.4) is 0 Å². The number of rotatable bonds is 10. The highest BCUT2D eigenvalue weighted by Crippen LogP contribution is 2.26. The van der Waals surface area contributed by atoms with E-state index in [4.69, 9.17) is 9.73 Å². The van der Waals surface area contributed by atoms with Gasteiger partial charge in [0.1, 0.15) is 12.2 Å². The van der Waals surface area contributed by atoms with Crippen LogP contribution in [-0.2, 0) is 17.7 Å². The number of guanidine groups is 1. The second-order valence-electron chi connectivity index (χ2n) is 7.54. The molecule has 1 aliphatic heterocycles. The van der Waals surface area contributed by atoms with Crippen LogP contribution in [0.4, 0.5) is 0 Å². The average Bonchev–Trinajstić information content (AvgIpc) is 3.46. The molecule has 2 atom stereocenters. The van der Waals surface area contributed by atoms with Gasteiger partial charge in [-0.3, -0.25) is 9.89 Å². The quantitative estimate of drug-likeness (QED) is 0.442. The number of aryl methyl sites for hydroxylation is 1. The van der Waals surface area contributed by atoms with Crippen LogP contribution in [-0.4, -0.2) is 71.1 Å². The zero-order chi connectivity index (χ0) is 21.2. The molecule has 0 saturated carbocycles. The third kappa shape index (κ3) is 6.52. The molecule has 0 aliphatic carbocycles. The molecule has 3 rings (SSSR count). The van der Waals surface area contributed by atoms with E-state index in [1.165, 1.54) is 4.88 Å². The number of aliphatic imine (C=N–C) groups is 1. The number of hydrogen-bond acceptors (Lipinski definition) is 6. The fraction of sp³-hybridized carbons (Fsp3) is 0.667. The fourth-order valence-electron chi connectivity index (χ4n) is 3.46. The monoisotopic (exact) mass is 433 g/mol. The summed E-state index contributed by atoms with van der Waals surface area (Å²) >= 11 is 1.81. The lowest BCUT2D eigenvalue weighted by atomic mass is 10.2. The van der Waals surface area contributed by atoms with Crippen LogP contribution in [0.1, 0.15) is 43.9 Å². The molecule has 0 spiro atoms. The van der Waals surface area contributed by atoms with Gasteiger partial charge in [-0.15, -0.1) is 21.5 Å². The van der Waals surface area contributed by atoms with Crippen molar-refractivity contribution in [2.24, 2.45) is 4.99 Å². The maximum absolute atomic E-state index is 5.56. The van der Waals surface area contributed by atoms with Crippen molar-refractivity contribution in [1.82, 2.24) is 30.3 Å². The van der Waals surface area contributed by atoms with Gasteiger partial charge in [-0.1, -0.05) is 19.9 Å². The molecule has 0 radical (unpaired) electrons. The van der Waals surface area contributed by atoms with Crippen LogP contribution >= 0.6 is 11.3 Å². The second-order valence-corrected chi connectivity index (χ2v) is 8.52. The van der Waals surface area contributed by atoms with Gasteiger partial charge in [0.2, 0.25) is 0 Å². The first-order chi connectivity index (χ1) is 14.7. The molecule has 30 heavy (non-hydrogen) atoms. The standard InChI is InChI=1S/C21H35N7OS/c1-4-17(3)25-21(22-8-9-28-16-24-26-20(28)5-2)23-15-18(19-7-6-14-30-19)27-10-12-29-13-11-27/h6-7,14,16-18H,4-5,8-13,15H2,1-3H3,(H2,22,23,25). The van der Waals surface area contributed by atoms with E-state index in [0.717, 1.165) is 70.6 Å². The predicted molar refractivity (Wildman–Crippen MR) is 122 cm³/mol. The minimum Gasteiger partial charge on any atom is -0.379 e. The molecule has 2 N–H and O–H groups in total. The summed E-state index contributed by atoms with van der Waals surface area (Å²) in [5, 5.41) is 17.4. The Hall–Kier alpha value is -1.97. The summed E-state index contributed by atoms with van der Waals surface area (Å²) in [6, 6.07) is 4.99. The van der Waals surface area contributed by atoms with Gasteiger partial charge in [0.15, 0.2) is 5.96 Å². The van der Waals surface area contributed by atoms with Gasteiger partial charge >= 0.3 is 0 Å². The van der Waals surface area contributed by atoms with Crippen molar-refractivity contribution in [2.75, 3.05) is 39.4 Å². The van der Waals surface area contributed by atoms with E-state index in [-0.39, 0.29) is 6.04 Å². The van der Waals surface area contributed by atoms with Gasteiger partial charge < -0.3 is 19.9 Å². The Balaban J connectivity index is 1.65. The minimum atomic E-state index is 0.286. The summed E-state index contributed by atoms with van der Waals surface area (Å²) in [6.45, 7) is 12.3. The number of thiophene rings is 1. The van der Waals surface area contributed by atoms with Crippen molar-refractivity contribution in [3.05, 3.63) is 34.5 Å². The maximum Gasteiger partial charge on any atom is 0.191 e. The molecule has 2 aromatic rings. The van der Waals surface area contributed by atoms with Crippen molar-refractivity contribution >= 4 is 17.3 Å². The SMILES string of the molecule is CCc1nncn1CCNC(=NCC(c1cccs1)N1CCOCC1)NC(C)CC. The number of ether oxygens (including phenoxy) is 1. The van der Waals surface area contributed by atoms with E-state index < -0.39 is 0 Å². The highest BCUT2D eigenvalue weighted by atomic mass is 32.1. The van der Waals surface area contributed by atoms with Gasteiger partial charge in [0.25, 0.3) is 0 Å². The molecule has 1 fully saturated rings. The van der Waals surface area contributed by atoms with Crippen molar-refractivity contribution in [3.63, 3.8) is 0 Å². The molecule has 0 aromatic carbocycles. The van der Waals surface area contributed by atoms with E-state index >= 15 is 0 Å². The fourth-order valence-corrected chi connectivity index (χ4v) is 4.31. The van der Waals surface area contributed by atoms with Crippen LogP contribution in [0.5, 0.6) is 0 Å². The maximum atomic E-state index is 5.56. The van der Waals surface area contributed by atoms with E-state index in [1.807, 2.05) is 0 Å². The largest absolute Gasteiger partial charge is 0.379 e. The summed E-state index contributed by atoms with van der Waals surface area (Å²) in [7, 11) is 0. The molecule has 2 aromatic heterocycles. The molecule has 0 amide bonds. The van der Waals surface area contributed by atoms with Crippen LogP contribution in [0.2, 0.25) is 0 Å². The number of morpholine rings is 1. The predicted octanol–water partition coefficient (Wildman–Crippen LogP) is 2.31. The third-order valence-electron chi connectivity index (χ3n) is 5.43. The number of nitrogens with zero attached hydrogens (tertiary/aromatic N) is 5. The van der Waals surface area contributed by atoms with E-state index in [2.05, 4.69) is 68.6 Å². The zero-order valence-corrected chi connectivity index (χ0v) is 19.2. The molecular weight excluding hydrogens is 398 g/mol. The van der Waals surface area contributed by atoms with Crippen molar-refractivity contribution < 1.29 is 4.74 Å². The topological polar surface area (TPSA) is 79.6 Å². The summed E-state index contributed by atoms with van der Waals surface area (Å²) < 4.78 is 7.65. The van der Waals surface area contributed by atoms with Crippen molar-refractivity contribution in [1.29, 1.82) is 0 Å². The van der Waals surface area contributed by atoms with Crippen LogP contribution in [0, 0.1) is 0 Å². The Morgan fingerprint density at radius 2 is 2.17 bits per heavy atom. The normalized spacial score (nSPS) is 17.6. The summed E-state index contributed by atoms with van der Waals surface area (Å²) in [4.78, 5) is 8.83. The van der Waals surface area contributed by atoms with Crippen molar-refractivity contribution in [2.45, 2.75) is 52.2 Å². The summed E-state index contributed by atoms with van der Waals surface area (Å²) in [6.07, 6.45) is 3.72. The molecule has 166 valence electrons. The Kier molecular flexibility index (Phi) is 9.10. The molecular formula is C21H35N7OS. The average molecular weight is 434 g/mol. The first-order valence-corrected chi connectivity index (χ1v) is 11.9. The third-order valence-corrected chi connectivity index (χ3v) is 6.41. The first-order valence-electron chi connectivity index (χ1n) is 11.0. The molecule has 3 heterocycles. The zero-order valence-electron chi connectivity index (χ0n) is 18.4. The Morgan fingerprint density at radius 3 is 2.87 bits per heavy atom. The number of nitrogens with one attached hydrogen (secondary N) is 2. The van der Waals surface area contributed by atoms with Gasteiger partial charge in [-0.25, -0.2) is 0 Å². The molecule has 9 heteroatoms. The van der Waals surface area contributed by atoms with Gasteiger partial charge in [-0.2, -0.15) is 0 Å². The van der Waals surface area contributed by atoms with E-state index in [1.54, 1.807) is 17.7 Å². The molecule has 0 bridgehead atoms. The van der Waals surface area contributed by atoms with Gasteiger partial charge in [-0.05, 0) is 24.8 Å². The van der Waals surface area contributed by atoms with Gasteiger partial charge in [0.05, 0.1) is 25.8 Å². The number of aromatic nitrogens is 3. The molecule has 1 aliphatic rings.